The van der Waals surface area contributed by atoms with Gasteiger partial charge in [0.25, 0.3) is 5.91 Å². The van der Waals surface area contributed by atoms with Crippen molar-refractivity contribution in [3.63, 3.8) is 0 Å². The SMILES string of the molecule is Cn1cccc1C(=O)NCc1ccc(N2CCOCC2)nc1. The lowest BCUT2D eigenvalue weighted by Gasteiger charge is -2.27. The average molecular weight is 300 g/mol. The second-order valence-electron chi connectivity index (χ2n) is 5.31. The van der Waals surface area contributed by atoms with Crippen LogP contribution in [-0.2, 0) is 18.3 Å². The van der Waals surface area contributed by atoms with Gasteiger partial charge in [-0.3, -0.25) is 4.79 Å². The smallest absolute Gasteiger partial charge is 0.268 e. The minimum Gasteiger partial charge on any atom is -0.378 e. The van der Waals surface area contributed by atoms with Crippen LogP contribution in [0, 0.1) is 0 Å². The van der Waals surface area contributed by atoms with Crippen molar-refractivity contribution in [3.05, 3.63) is 47.9 Å². The molecule has 2 aromatic heterocycles. The van der Waals surface area contributed by atoms with E-state index in [0.29, 0.717) is 12.2 Å². The van der Waals surface area contributed by atoms with Crippen molar-refractivity contribution in [2.75, 3.05) is 31.2 Å². The number of pyridine rings is 1. The fourth-order valence-corrected chi connectivity index (χ4v) is 2.47. The third kappa shape index (κ3) is 3.28. The maximum atomic E-state index is 12.0. The van der Waals surface area contributed by atoms with Crippen LogP contribution >= 0.6 is 0 Å². The van der Waals surface area contributed by atoms with Gasteiger partial charge in [0.1, 0.15) is 11.5 Å². The summed E-state index contributed by atoms with van der Waals surface area (Å²) in [5.74, 6) is 0.880. The first-order valence-corrected chi connectivity index (χ1v) is 7.41. The molecule has 116 valence electrons. The Balaban J connectivity index is 1.57. The predicted octanol–water partition coefficient (Wildman–Crippen LogP) is 1.19. The van der Waals surface area contributed by atoms with E-state index in [1.807, 2.05) is 37.6 Å². The first-order chi connectivity index (χ1) is 10.7. The highest BCUT2D eigenvalue weighted by Gasteiger charge is 2.12. The molecule has 1 fully saturated rings. The van der Waals surface area contributed by atoms with Crippen molar-refractivity contribution in [2.24, 2.45) is 7.05 Å². The highest BCUT2D eigenvalue weighted by molar-refractivity contribution is 5.92. The molecule has 0 unspecified atom stereocenters. The van der Waals surface area contributed by atoms with Gasteiger partial charge in [-0.05, 0) is 23.8 Å². The van der Waals surface area contributed by atoms with Crippen molar-refractivity contribution in [1.29, 1.82) is 0 Å². The molecule has 1 N–H and O–H groups in total. The molecule has 1 saturated heterocycles. The molecule has 22 heavy (non-hydrogen) atoms. The highest BCUT2D eigenvalue weighted by Crippen LogP contribution is 2.13. The second-order valence-corrected chi connectivity index (χ2v) is 5.31. The molecule has 6 heteroatoms. The zero-order valence-corrected chi connectivity index (χ0v) is 12.7. The maximum absolute atomic E-state index is 12.0. The molecule has 0 radical (unpaired) electrons. The Kier molecular flexibility index (Phi) is 4.39. The number of nitrogens with zero attached hydrogens (tertiary/aromatic N) is 3. The number of hydrogen-bond acceptors (Lipinski definition) is 4. The van der Waals surface area contributed by atoms with E-state index in [9.17, 15) is 4.79 Å². The lowest BCUT2D eigenvalue weighted by Crippen LogP contribution is -2.36. The fourth-order valence-electron chi connectivity index (χ4n) is 2.47. The van der Waals surface area contributed by atoms with Crippen molar-refractivity contribution in [1.82, 2.24) is 14.9 Å². The van der Waals surface area contributed by atoms with Crippen LogP contribution in [0.25, 0.3) is 0 Å². The summed E-state index contributed by atoms with van der Waals surface area (Å²) >= 11 is 0. The molecule has 0 aliphatic carbocycles. The number of amides is 1. The number of morpholine rings is 1. The number of carbonyl (C=O) groups excluding carboxylic acids is 1. The molecule has 1 aliphatic rings. The number of nitrogens with one attached hydrogen (secondary N) is 1. The second kappa shape index (κ2) is 6.62. The molecule has 0 saturated carbocycles. The zero-order valence-electron chi connectivity index (χ0n) is 12.7. The first kappa shape index (κ1) is 14.6. The molecule has 1 aliphatic heterocycles. The molecule has 3 rings (SSSR count). The molecule has 0 atom stereocenters. The molecule has 6 nitrogen and oxygen atoms in total. The summed E-state index contributed by atoms with van der Waals surface area (Å²) in [7, 11) is 1.85. The lowest BCUT2D eigenvalue weighted by atomic mass is 10.2. The van der Waals surface area contributed by atoms with Crippen molar-refractivity contribution < 1.29 is 9.53 Å². The topological polar surface area (TPSA) is 59.4 Å². The van der Waals surface area contributed by atoms with E-state index in [1.165, 1.54) is 0 Å². The zero-order chi connectivity index (χ0) is 15.4. The van der Waals surface area contributed by atoms with Crippen molar-refractivity contribution in [3.8, 4) is 0 Å². The standard InChI is InChI=1S/C16H20N4O2/c1-19-6-2-3-14(19)16(21)18-12-13-4-5-15(17-11-13)20-7-9-22-10-8-20/h2-6,11H,7-10,12H2,1H3,(H,18,21). The number of rotatable bonds is 4. The minimum atomic E-state index is -0.0789. The van der Waals surface area contributed by atoms with Gasteiger partial charge in [0.05, 0.1) is 13.2 Å². The Morgan fingerprint density at radius 3 is 2.77 bits per heavy atom. The van der Waals surface area contributed by atoms with Crippen LogP contribution in [0.15, 0.2) is 36.7 Å². The first-order valence-electron chi connectivity index (χ1n) is 7.41. The Bertz CT molecular complexity index is 630. The number of aromatic nitrogens is 2. The third-order valence-corrected chi connectivity index (χ3v) is 3.77. The van der Waals surface area contributed by atoms with E-state index in [-0.39, 0.29) is 5.91 Å². The van der Waals surface area contributed by atoms with Gasteiger partial charge in [-0.25, -0.2) is 4.98 Å². The highest BCUT2D eigenvalue weighted by atomic mass is 16.5. The Morgan fingerprint density at radius 1 is 1.32 bits per heavy atom. The molecule has 0 aromatic carbocycles. The normalized spacial score (nSPS) is 14.9. The maximum Gasteiger partial charge on any atom is 0.268 e. The molecule has 3 heterocycles. The molecule has 0 bridgehead atoms. The van der Waals surface area contributed by atoms with Crippen molar-refractivity contribution >= 4 is 11.7 Å². The Morgan fingerprint density at radius 2 is 2.14 bits per heavy atom. The monoisotopic (exact) mass is 300 g/mol. The fraction of sp³-hybridized carbons (Fsp3) is 0.375. The summed E-state index contributed by atoms with van der Waals surface area (Å²) in [4.78, 5) is 18.7. The molecular formula is C16H20N4O2. The average Bonchev–Trinajstić information content (AvgIpc) is 3.00. The summed E-state index contributed by atoms with van der Waals surface area (Å²) < 4.78 is 7.14. The molecule has 1 amide bonds. The Labute approximate surface area is 129 Å². The van der Waals surface area contributed by atoms with Crippen LogP contribution in [0.2, 0.25) is 0 Å². The molecule has 0 spiro atoms. The van der Waals surface area contributed by atoms with Crippen LogP contribution in [0.1, 0.15) is 16.1 Å². The number of carbonyl (C=O) groups is 1. The van der Waals surface area contributed by atoms with Gasteiger partial charge in [-0.15, -0.1) is 0 Å². The van der Waals surface area contributed by atoms with Gasteiger partial charge in [0.15, 0.2) is 0 Å². The summed E-state index contributed by atoms with van der Waals surface area (Å²) in [5.41, 5.74) is 1.64. The van der Waals surface area contributed by atoms with E-state index in [1.54, 1.807) is 10.6 Å². The number of aryl methyl sites for hydroxylation is 1. The van der Waals surface area contributed by atoms with Crippen LogP contribution in [-0.4, -0.2) is 41.8 Å². The van der Waals surface area contributed by atoms with E-state index >= 15 is 0 Å². The van der Waals surface area contributed by atoms with E-state index in [2.05, 4.69) is 15.2 Å². The van der Waals surface area contributed by atoms with E-state index in [0.717, 1.165) is 37.7 Å². The van der Waals surface area contributed by atoms with Crippen LogP contribution in [0.5, 0.6) is 0 Å². The minimum absolute atomic E-state index is 0.0789. The summed E-state index contributed by atoms with van der Waals surface area (Å²) in [6.45, 7) is 3.71. The van der Waals surface area contributed by atoms with Gasteiger partial charge in [-0.2, -0.15) is 0 Å². The van der Waals surface area contributed by atoms with Gasteiger partial charge >= 0.3 is 0 Å². The number of hydrogen-bond donors (Lipinski definition) is 1. The largest absolute Gasteiger partial charge is 0.378 e. The van der Waals surface area contributed by atoms with Crippen molar-refractivity contribution in [2.45, 2.75) is 6.54 Å². The lowest BCUT2D eigenvalue weighted by molar-refractivity contribution is 0.0942. The third-order valence-electron chi connectivity index (χ3n) is 3.77. The predicted molar refractivity (Wildman–Crippen MR) is 83.9 cm³/mol. The summed E-state index contributed by atoms with van der Waals surface area (Å²) in [6.07, 6.45) is 3.67. The van der Waals surface area contributed by atoms with Crippen LogP contribution in [0.3, 0.4) is 0 Å². The number of anilines is 1. The number of ether oxygens (including phenoxy) is 1. The summed E-state index contributed by atoms with van der Waals surface area (Å²) in [6, 6.07) is 7.65. The van der Waals surface area contributed by atoms with Crippen LogP contribution in [0.4, 0.5) is 5.82 Å². The van der Waals surface area contributed by atoms with Gasteiger partial charge in [0.2, 0.25) is 0 Å². The van der Waals surface area contributed by atoms with Gasteiger partial charge in [-0.1, -0.05) is 6.07 Å². The van der Waals surface area contributed by atoms with Crippen LogP contribution < -0.4 is 10.2 Å². The van der Waals surface area contributed by atoms with E-state index in [4.69, 9.17) is 4.74 Å². The molecule has 2 aromatic rings. The summed E-state index contributed by atoms with van der Waals surface area (Å²) in [5, 5.41) is 2.91. The quantitative estimate of drug-likeness (QED) is 0.921. The van der Waals surface area contributed by atoms with Gasteiger partial charge < -0.3 is 19.5 Å². The molecular weight excluding hydrogens is 280 g/mol. The van der Waals surface area contributed by atoms with Gasteiger partial charge in [0, 0.05) is 39.1 Å². The Hall–Kier alpha value is -2.34. The van der Waals surface area contributed by atoms with E-state index < -0.39 is 0 Å².